The van der Waals surface area contributed by atoms with E-state index in [-0.39, 0.29) is 0 Å². The van der Waals surface area contributed by atoms with Gasteiger partial charge < -0.3 is 5.21 Å². The van der Waals surface area contributed by atoms with Gasteiger partial charge in [-0.1, -0.05) is 19.8 Å². The van der Waals surface area contributed by atoms with Gasteiger partial charge in [-0.25, -0.2) is 5.16 Å². The molecule has 0 aliphatic heterocycles. The number of hydrogen-bond donors (Lipinski definition) is 3. The van der Waals surface area contributed by atoms with Crippen LogP contribution in [0.15, 0.2) is 0 Å². The molecule has 0 heterocycles. The number of hydrogen-bond acceptors (Lipinski definition) is 3. The Morgan fingerprint density at radius 1 is 1.38 bits per heavy atom. The second kappa shape index (κ2) is 9.43. The first-order chi connectivity index (χ1) is 5.91. The summed E-state index contributed by atoms with van der Waals surface area (Å²) in [6.07, 6.45) is 6.02. The van der Waals surface area contributed by atoms with Gasteiger partial charge in [0.05, 0.1) is 0 Å². The van der Waals surface area contributed by atoms with Crippen molar-refractivity contribution in [3.63, 3.8) is 0 Å². The minimum Gasteiger partial charge on any atom is -0.626 e. The van der Waals surface area contributed by atoms with Crippen LogP contribution in [-0.4, -0.2) is 23.7 Å². The summed E-state index contributed by atoms with van der Waals surface area (Å²) in [6, 6.07) is 0. The van der Waals surface area contributed by atoms with Crippen LogP contribution >= 0.6 is 0 Å². The molecule has 0 unspecified atom stereocenters. The molecule has 0 saturated heterocycles. The molecule has 80 valence electrons. The van der Waals surface area contributed by atoms with Crippen LogP contribution in [0.25, 0.3) is 0 Å². The van der Waals surface area contributed by atoms with Gasteiger partial charge in [0.25, 0.3) is 0 Å². The molecule has 0 amide bonds. The number of unbranched alkanes of at least 4 members (excludes halogenated alkanes) is 3. The molecule has 0 aromatic carbocycles. The third-order valence-corrected chi connectivity index (χ3v) is 1.04. The van der Waals surface area contributed by atoms with E-state index in [1.807, 2.05) is 0 Å². The minimum atomic E-state index is -4.67. The van der Waals surface area contributed by atoms with Gasteiger partial charge in [-0.05, 0) is 6.42 Å². The van der Waals surface area contributed by atoms with Crippen molar-refractivity contribution < 1.29 is 22.7 Å². The molecule has 0 aromatic rings. The van der Waals surface area contributed by atoms with Gasteiger partial charge in [0.2, 0.25) is 0 Å². The summed E-state index contributed by atoms with van der Waals surface area (Å²) >= 11 is 0. The molecule has 0 radical (unpaired) electrons. The van der Waals surface area contributed by atoms with Crippen molar-refractivity contribution in [1.82, 2.24) is 0 Å². The van der Waals surface area contributed by atoms with Crippen LogP contribution in [0.3, 0.4) is 0 Å². The fourth-order valence-corrected chi connectivity index (χ4v) is 0.555. The van der Waals surface area contributed by atoms with Gasteiger partial charge >= 0.3 is 10.4 Å². The largest absolute Gasteiger partial charge is 0.626 e. The first-order valence-electron chi connectivity index (χ1n) is 3.81. The van der Waals surface area contributed by atoms with Crippen molar-refractivity contribution in [2.24, 2.45) is 0 Å². The summed E-state index contributed by atoms with van der Waals surface area (Å²) in [6.45, 7) is 2.14. The maximum Gasteiger partial charge on any atom is 0.394 e. The molecule has 0 aromatic heterocycles. The molecule has 0 saturated carbocycles. The summed E-state index contributed by atoms with van der Waals surface area (Å²) < 4.78 is 31.6. The lowest BCUT2D eigenvalue weighted by Gasteiger charge is -1.87. The predicted molar refractivity (Wildman–Crippen MR) is 48.7 cm³/mol. The zero-order valence-electron chi connectivity index (χ0n) is 7.43. The van der Waals surface area contributed by atoms with E-state index in [4.69, 9.17) is 17.5 Å². The molecule has 3 N–H and O–H groups in total. The third-order valence-electron chi connectivity index (χ3n) is 1.04. The Morgan fingerprint density at radius 3 is 2.15 bits per heavy atom. The first kappa shape index (κ1) is 14.8. The van der Waals surface area contributed by atoms with Crippen molar-refractivity contribution in [2.75, 3.05) is 0 Å². The van der Waals surface area contributed by atoms with E-state index >= 15 is 0 Å². The molecule has 6 nitrogen and oxygen atoms in total. The van der Waals surface area contributed by atoms with E-state index in [1.54, 1.807) is 11.4 Å². The topological polar surface area (TPSA) is 112 Å². The molecule has 7 heteroatoms. The lowest BCUT2D eigenvalue weighted by atomic mass is 10.2. The van der Waals surface area contributed by atoms with Crippen molar-refractivity contribution >= 4 is 16.6 Å². The average Bonchev–Trinajstić information content (AvgIpc) is 1.95. The highest BCUT2D eigenvalue weighted by Gasteiger charge is 1.84. The highest BCUT2D eigenvalue weighted by atomic mass is 32.3. The van der Waals surface area contributed by atoms with E-state index in [0.29, 0.717) is 0 Å². The van der Waals surface area contributed by atoms with Crippen LogP contribution in [0.1, 0.15) is 32.6 Å². The zero-order chi connectivity index (χ0) is 10.7. The SMILES string of the molecule is CCCCCC=[NH+][O-].O=S(=O)(O)O. The Kier molecular flexibility index (Phi) is 10.8. The van der Waals surface area contributed by atoms with Gasteiger partial charge in [-0.3, -0.25) is 9.11 Å². The average molecular weight is 213 g/mol. The quantitative estimate of drug-likeness (QED) is 0.193. The summed E-state index contributed by atoms with van der Waals surface area (Å²) in [5.41, 5.74) is 0. The molecule has 0 aliphatic rings. The Morgan fingerprint density at radius 2 is 1.85 bits per heavy atom. The van der Waals surface area contributed by atoms with Crippen molar-refractivity contribution in [1.29, 1.82) is 0 Å². The van der Waals surface area contributed by atoms with Crippen LogP contribution in [-0.2, 0) is 10.4 Å². The summed E-state index contributed by atoms with van der Waals surface area (Å²) in [5.74, 6) is 0. The van der Waals surface area contributed by atoms with E-state index in [0.717, 1.165) is 12.8 Å². The Balaban J connectivity index is 0. The predicted octanol–water partition coefficient (Wildman–Crippen LogP) is -0.437. The maximum atomic E-state index is 9.59. The molecule has 0 spiro atoms. The van der Waals surface area contributed by atoms with Crippen LogP contribution in [0, 0.1) is 5.21 Å². The molecule has 0 aliphatic carbocycles. The van der Waals surface area contributed by atoms with Crippen molar-refractivity contribution in [3.05, 3.63) is 5.21 Å². The lowest BCUT2D eigenvalue weighted by Crippen LogP contribution is -2.60. The smallest absolute Gasteiger partial charge is 0.394 e. The number of nitrogens with one attached hydrogen (secondary N) is 1. The molecule has 0 bridgehead atoms. The fourth-order valence-electron chi connectivity index (χ4n) is 0.555. The van der Waals surface area contributed by atoms with E-state index in [2.05, 4.69) is 6.92 Å². The Hall–Kier alpha value is -0.660. The van der Waals surface area contributed by atoms with Crippen molar-refractivity contribution in [3.8, 4) is 0 Å². The maximum absolute atomic E-state index is 9.59. The van der Waals surface area contributed by atoms with Gasteiger partial charge in [0, 0.05) is 6.42 Å². The van der Waals surface area contributed by atoms with E-state index < -0.39 is 10.4 Å². The Labute approximate surface area is 77.8 Å². The molecular formula is C6H15NO5S. The molecule has 0 fully saturated rings. The van der Waals surface area contributed by atoms with Gasteiger partial charge in [-0.2, -0.15) is 8.42 Å². The van der Waals surface area contributed by atoms with Gasteiger partial charge in [-0.15, -0.1) is 0 Å². The van der Waals surface area contributed by atoms with Crippen molar-refractivity contribution in [2.45, 2.75) is 32.6 Å². The molecule has 13 heavy (non-hydrogen) atoms. The lowest BCUT2D eigenvalue weighted by molar-refractivity contribution is -0.368. The monoisotopic (exact) mass is 213 g/mol. The minimum absolute atomic E-state index is 0.900. The summed E-state index contributed by atoms with van der Waals surface area (Å²) in [4.78, 5) is 0. The van der Waals surface area contributed by atoms with Crippen LogP contribution in [0.4, 0.5) is 0 Å². The summed E-state index contributed by atoms with van der Waals surface area (Å²) in [7, 11) is -4.67. The molecule has 0 rings (SSSR count). The highest BCUT2D eigenvalue weighted by Crippen LogP contribution is 1.94. The first-order valence-corrected chi connectivity index (χ1v) is 5.20. The normalized spacial score (nSPS) is 11.0. The fraction of sp³-hybridized carbons (Fsp3) is 0.833. The standard InChI is InChI=1S/C6H13NO.H2O4S/c1-2-3-4-5-6-7-8;1-5(2,3)4/h6-7H,2-5H2,1H3;(H2,1,2,3,4). The zero-order valence-corrected chi connectivity index (χ0v) is 8.25. The molecule has 0 atom stereocenters. The van der Waals surface area contributed by atoms with Crippen LogP contribution in [0.2, 0.25) is 0 Å². The van der Waals surface area contributed by atoms with Gasteiger partial charge in [0.1, 0.15) is 6.21 Å². The third kappa shape index (κ3) is 52.5. The van der Waals surface area contributed by atoms with E-state index in [1.165, 1.54) is 12.8 Å². The second-order valence-corrected chi connectivity index (χ2v) is 3.16. The van der Waals surface area contributed by atoms with Gasteiger partial charge in [0.15, 0.2) is 0 Å². The van der Waals surface area contributed by atoms with E-state index in [9.17, 15) is 5.21 Å². The second-order valence-electron chi connectivity index (χ2n) is 2.27. The highest BCUT2D eigenvalue weighted by molar-refractivity contribution is 7.79. The molecular weight excluding hydrogens is 198 g/mol. The Bertz CT molecular complexity index is 203. The van der Waals surface area contributed by atoms with Crippen LogP contribution in [0.5, 0.6) is 0 Å². The van der Waals surface area contributed by atoms with Crippen LogP contribution < -0.4 is 5.16 Å². The summed E-state index contributed by atoms with van der Waals surface area (Å²) in [5, 5.41) is 11.3. The number of rotatable bonds is 4.